The molecular weight excluding hydrogens is 863 g/mol. The third-order valence-corrected chi connectivity index (χ3v) is 13.2. The lowest BCUT2D eigenvalue weighted by Gasteiger charge is -2.40. The molecule has 21 heteroatoms. The molecule has 2 saturated heterocycles. The molecule has 0 bridgehead atoms. The Kier molecular flexibility index (Phi) is 19.1. The van der Waals surface area contributed by atoms with Gasteiger partial charge in [-0.3, -0.25) is 36.4 Å². The summed E-state index contributed by atoms with van der Waals surface area (Å²) in [4.78, 5) is 51.0. The molecule has 4 fully saturated rings. The Morgan fingerprint density at radius 1 is 0.750 bits per heavy atom. The maximum absolute atomic E-state index is 13.6. The second-order valence-electron chi connectivity index (χ2n) is 17.3. The Morgan fingerprint density at radius 3 is 1.73 bits per heavy atom. The first-order valence-electron chi connectivity index (χ1n) is 22.6. The lowest BCUT2D eigenvalue weighted by molar-refractivity contribution is -0.282. The van der Waals surface area contributed by atoms with Crippen molar-refractivity contribution in [3.8, 4) is 0 Å². The lowest BCUT2D eigenvalue weighted by Crippen LogP contribution is -2.45. The van der Waals surface area contributed by atoms with Crippen molar-refractivity contribution in [1.82, 2.24) is 18.3 Å². The largest absolute Gasteiger partial charge is 0.394 e. The number of aromatic nitrogens is 4. The van der Waals surface area contributed by atoms with Crippen molar-refractivity contribution in [2.45, 2.75) is 178 Å². The number of aryl methyl sites for hydroxylation is 2. The van der Waals surface area contributed by atoms with E-state index in [9.17, 15) is 37.1 Å². The van der Waals surface area contributed by atoms with E-state index in [-0.39, 0.29) is 51.3 Å². The second-order valence-corrected chi connectivity index (χ2v) is 19.0. The molecule has 0 aromatic carbocycles. The van der Waals surface area contributed by atoms with Gasteiger partial charge in [-0.2, -0.15) is 8.42 Å². The van der Waals surface area contributed by atoms with Gasteiger partial charge in [0.25, 0.3) is 21.2 Å². The summed E-state index contributed by atoms with van der Waals surface area (Å²) in [5.41, 5.74) is -1.05. The third kappa shape index (κ3) is 13.3. The Hall–Kier alpha value is -3.12. The Labute approximate surface area is 373 Å². The molecular formula is C43H69FN4O15S. The zero-order valence-corrected chi connectivity index (χ0v) is 38.8. The molecule has 2 aliphatic heterocycles. The molecule has 2 saturated carbocycles. The molecule has 0 radical (unpaired) electrons. The quantitative estimate of drug-likeness (QED) is 0.111. The molecule has 2 N–H and O–H groups in total. The number of aliphatic hydroxyl groups excluding tert-OH is 2. The second kappa shape index (κ2) is 23.6. The summed E-state index contributed by atoms with van der Waals surface area (Å²) in [6, 6.07) is 0. The number of aliphatic hydroxyl groups is 2. The van der Waals surface area contributed by atoms with Crippen LogP contribution in [0.5, 0.6) is 0 Å². The fourth-order valence-electron chi connectivity index (χ4n) is 8.93. The van der Waals surface area contributed by atoms with Crippen LogP contribution < -0.4 is 22.5 Å². The smallest absolute Gasteiger partial charge is 0.333 e. The van der Waals surface area contributed by atoms with E-state index in [1.165, 1.54) is 19.9 Å². The van der Waals surface area contributed by atoms with Gasteiger partial charge in [0, 0.05) is 89.4 Å². The minimum atomic E-state index is -3.55. The van der Waals surface area contributed by atoms with Crippen LogP contribution in [0.25, 0.3) is 0 Å². The molecule has 2 aromatic rings. The molecule has 2 aromatic heterocycles. The van der Waals surface area contributed by atoms with Crippen molar-refractivity contribution >= 4 is 10.1 Å². The molecule has 6 unspecified atom stereocenters. The standard InChI is InChI=1S/C29H48N2O10S.C14H21FN2O5/c1-22-20-31(27(33)30(26(22)32)17-11-12-18-39-42(4,34)35)25-19-23(41-29(37-3)15-9-6-10-16-29)24(40-25)21-38-28(36-2)13-7-5-8-14-28;1-9-7-17(12-6-10(19)11(8-18)22-12)14(21)16(13(9)20)5-3-2-4-15/h20,23-25H,5-19,21H2,1-4H3;7,10-12,18-19H,2-6,8H2,1H3/i;15-1. The highest BCUT2D eigenvalue weighted by Crippen LogP contribution is 2.40. The van der Waals surface area contributed by atoms with Gasteiger partial charge in [0.15, 0.2) is 11.6 Å². The van der Waals surface area contributed by atoms with Crippen LogP contribution in [-0.2, 0) is 55.8 Å². The molecule has 6 atom stereocenters. The first-order valence-corrected chi connectivity index (χ1v) is 24.4. The molecule has 364 valence electrons. The first-order chi connectivity index (χ1) is 30.5. The molecule has 0 amide bonds. The molecule has 4 heterocycles. The number of unbranched alkanes of at least 4 members (excludes halogenated alkanes) is 2. The van der Waals surface area contributed by atoms with Gasteiger partial charge in [0.1, 0.15) is 24.7 Å². The summed E-state index contributed by atoms with van der Waals surface area (Å²) >= 11 is 0. The molecule has 6 rings (SSSR count). The molecule has 0 spiro atoms. The minimum Gasteiger partial charge on any atom is -0.394 e. The van der Waals surface area contributed by atoms with E-state index in [0.717, 1.165) is 75.0 Å². The number of ether oxygens (including phenoxy) is 6. The van der Waals surface area contributed by atoms with Crippen LogP contribution in [0.1, 0.15) is 126 Å². The predicted molar refractivity (Wildman–Crippen MR) is 231 cm³/mol. The predicted octanol–water partition coefficient (Wildman–Crippen LogP) is 3.09. The SMILES string of the molecule is COC1(OCC2OC(n3cc(C)c(=O)n(CCCCOS(C)(=O)=O)c3=O)CC2OC2(OC)CCCCC2)CCCCC1.Cc1cn(C2CC(O)C(CO)O2)c(=O)n(CCCC[18F])c1=O. The number of hydrogen-bond donors (Lipinski definition) is 2. The van der Waals surface area contributed by atoms with Gasteiger partial charge >= 0.3 is 11.4 Å². The normalized spacial score (nSPS) is 25.6. The van der Waals surface area contributed by atoms with Crippen LogP contribution in [0.15, 0.2) is 31.6 Å². The highest BCUT2D eigenvalue weighted by Gasteiger charge is 2.46. The first kappa shape index (κ1) is 51.9. The Morgan fingerprint density at radius 2 is 1.25 bits per heavy atom. The number of rotatable bonds is 20. The van der Waals surface area contributed by atoms with E-state index in [2.05, 4.69) is 0 Å². The van der Waals surface area contributed by atoms with Crippen molar-refractivity contribution < 1.29 is 55.6 Å². The minimum absolute atomic E-state index is 0.00968. The summed E-state index contributed by atoms with van der Waals surface area (Å²) in [6.45, 7) is 2.91. The van der Waals surface area contributed by atoms with E-state index in [1.807, 2.05) is 0 Å². The number of hydrogen-bond acceptors (Lipinski definition) is 15. The lowest BCUT2D eigenvalue weighted by atomic mass is 9.93. The highest BCUT2D eigenvalue weighted by molar-refractivity contribution is 7.85. The maximum Gasteiger partial charge on any atom is 0.333 e. The van der Waals surface area contributed by atoms with E-state index in [1.54, 1.807) is 34.3 Å². The topological polar surface area (TPSA) is 227 Å². The average Bonchev–Trinajstić information content (AvgIpc) is 3.87. The van der Waals surface area contributed by atoms with E-state index < -0.39 is 82.2 Å². The van der Waals surface area contributed by atoms with E-state index in [0.29, 0.717) is 36.8 Å². The van der Waals surface area contributed by atoms with Gasteiger partial charge in [-0.05, 0) is 65.2 Å². The Balaban J connectivity index is 0.000000294. The summed E-state index contributed by atoms with van der Waals surface area (Å²) in [7, 11) is -0.189. The number of nitrogens with zero attached hydrogens (tertiary/aromatic N) is 4. The van der Waals surface area contributed by atoms with Crippen molar-refractivity contribution in [1.29, 1.82) is 0 Å². The van der Waals surface area contributed by atoms with Gasteiger partial charge in [-0.15, -0.1) is 0 Å². The van der Waals surface area contributed by atoms with Crippen molar-refractivity contribution in [2.24, 2.45) is 0 Å². The number of methoxy groups -OCH3 is 2. The number of halogens is 1. The molecule has 19 nitrogen and oxygen atoms in total. The third-order valence-electron chi connectivity index (χ3n) is 12.6. The molecule has 2 aliphatic carbocycles. The van der Waals surface area contributed by atoms with Gasteiger partial charge in [-0.25, -0.2) is 9.59 Å². The summed E-state index contributed by atoms with van der Waals surface area (Å²) in [6.07, 6.45) is 11.6. The fourth-order valence-corrected chi connectivity index (χ4v) is 9.35. The Bertz CT molecular complexity index is 2160. The van der Waals surface area contributed by atoms with Gasteiger partial charge in [0.05, 0.1) is 45.0 Å². The van der Waals surface area contributed by atoms with E-state index >= 15 is 0 Å². The number of alkyl halides is 1. The fraction of sp³-hybridized carbons (Fsp3) is 0.814. The van der Waals surface area contributed by atoms with Crippen LogP contribution >= 0.6 is 0 Å². The molecule has 64 heavy (non-hydrogen) atoms. The van der Waals surface area contributed by atoms with Gasteiger partial charge < -0.3 is 38.6 Å². The van der Waals surface area contributed by atoms with Crippen LogP contribution in [-0.4, -0.2) is 120 Å². The van der Waals surface area contributed by atoms with Crippen LogP contribution in [0.2, 0.25) is 0 Å². The van der Waals surface area contributed by atoms with Gasteiger partial charge in [0.2, 0.25) is 0 Å². The van der Waals surface area contributed by atoms with Crippen molar-refractivity contribution in [3.63, 3.8) is 0 Å². The van der Waals surface area contributed by atoms with Crippen LogP contribution in [0.3, 0.4) is 0 Å². The van der Waals surface area contributed by atoms with Gasteiger partial charge in [-0.1, -0.05) is 12.8 Å². The maximum atomic E-state index is 13.6. The molecule has 4 aliphatic rings. The summed E-state index contributed by atoms with van der Waals surface area (Å²) < 4.78 is 81.2. The van der Waals surface area contributed by atoms with Crippen molar-refractivity contribution in [2.75, 3.05) is 47.0 Å². The van der Waals surface area contributed by atoms with E-state index in [4.69, 9.17) is 37.7 Å². The summed E-state index contributed by atoms with van der Waals surface area (Å²) in [5.74, 6) is -1.37. The highest BCUT2D eigenvalue weighted by atomic mass is 32.2. The van der Waals surface area contributed by atoms with Crippen molar-refractivity contribution in [3.05, 3.63) is 65.2 Å². The monoisotopic (exact) mass is 931 g/mol. The zero-order chi connectivity index (χ0) is 46.7. The summed E-state index contributed by atoms with van der Waals surface area (Å²) in [5, 5.41) is 18.9. The average molecular weight is 932 g/mol. The van der Waals surface area contributed by atoms with Crippen LogP contribution in [0.4, 0.5) is 4.39 Å². The zero-order valence-electron chi connectivity index (χ0n) is 38.0. The van der Waals surface area contributed by atoms with Crippen LogP contribution in [0, 0.1) is 13.8 Å².